The summed E-state index contributed by atoms with van der Waals surface area (Å²) >= 11 is 0. The van der Waals surface area contributed by atoms with E-state index in [1.54, 1.807) is 18.3 Å². The fourth-order valence-corrected chi connectivity index (χ4v) is 1.05. The van der Waals surface area contributed by atoms with Crippen LogP contribution in [0.5, 0.6) is 0 Å². The maximum atomic E-state index is 11.3. The Labute approximate surface area is 68.7 Å². The van der Waals surface area contributed by atoms with Crippen molar-refractivity contribution in [3.8, 4) is 0 Å². The van der Waals surface area contributed by atoms with E-state index in [-0.39, 0.29) is 5.43 Å². The molecule has 1 heterocycles. The molecule has 2 rings (SSSR count). The number of nitrogens with zero attached hydrogens (tertiary/aromatic N) is 2. The van der Waals surface area contributed by atoms with Crippen molar-refractivity contribution in [3.63, 3.8) is 0 Å². The summed E-state index contributed by atoms with van der Waals surface area (Å²) in [5, 5.41) is 8.23. The largest absolute Gasteiger partial charge is 0.287 e. The lowest BCUT2D eigenvalue weighted by molar-refractivity contribution is 1.07. The topological polar surface area (TPSA) is 42.9 Å². The molecule has 0 fully saturated rings. The molecule has 0 saturated heterocycles. The molecule has 58 valence electrons. The van der Waals surface area contributed by atoms with E-state index in [9.17, 15) is 4.79 Å². The lowest BCUT2D eigenvalue weighted by atomic mass is 10.3. The van der Waals surface area contributed by atoms with Crippen LogP contribution in [0.4, 0.5) is 0 Å². The van der Waals surface area contributed by atoms with Gasteiger partial charge in [-0.3, -0.25) is 4.79 Å². The van der Waals surface area contributed by atoms with Gasteiger partial charge in [-0.25, -0.2) is 0 Å². The summed E-state index contributed by atoms with van der Waals surface area (Å²) in [4.78, 5) is 11.3. The van der Waals surface area contributed by atoms with Gasteiger partial charge in [-0.1, -0.05) is 18.2 Å². The first-order valence-electron chi connectivity index (χ1n) is 3.59. The van der Waals surface area contributed by atoms with Crippen LogP contribution in [0.3, 0.4) is 0 Å². The molecule has 0 saturated carbocycles. The Hall–Kier alpha value is -1.77. The molecular formula is C9H6N2O. The van der Waals surface area contributed by atoms with Crippen molar-refractivity contribution in [2.45, 2.75) is 0 Å². The van der Waals surface area contributed by atoms with Gasteiger partial charge in [0.15, 0.2) is 0 Å². The molecule has 0 N–H and O–H groups in total. The second-order valence-electron chi connectivity index (χ2n) is 2.42. The highest BCUT2D eigenvalue weighted by Crippen LogP contribution is 2.01. The van der Waals surface area contributed by atoms with Crippen LogP contribution in [0, 0.1) is 0 Å². The molecule has 0 unspecified atom stereocenters. The van der Waals surface area contributed by atoms with Crippen LogP contribution in [0.2, 0.25) is 0 Å². The van der Waals surface area contributed by atoms with E-state index in [1.165, 1.54) is 6.07 Å². The lowest BCUT2D eigenvalue weighted by Crippen LogP contribution is -1.98. The van der Waals surface area contributed by atoms with Gasteiger partial charge in [0.1, 0.15) is 5.52 Å². The monoisotopic (exact) mass is 158 g/mol. The third kappa shape index (κ3) is 1.05. The van der Waals surface area contributed by atoms with Gasteiger partial charge in [0, 0.05) is 5.39 Å². The maximum Gasteiger partial charge on any atom is 0.206 e. The normalized spacial score (nSPS) is 10.0. The molecule has 3 nitrogen and oxygen atoms in total. The van der Waals surface area contributed by atoms with E-state index >= 15 is 0 Å². The van der Waals surface area contributed by atoms with Crippen LogP contribution < -0.4 is 5.43 Å². The number of hydrogen-bond acceptors (Lipinski definition) is 3. The average Bonchev–Trinajstić information content (AvgIpc) is 2.29. The third-order valence-corrected chi connectivity index (χ3v) is 1.62. The summed E-state index contributed by atoms with van der Waals surface area (Å²) in [6, 6.07) is 8.60. The van der Waals surface area contributed by atoms with Gasteiger partial charge < -0.3 is 0 Å². The summed E-state index contributed by atoms with van der Waals surface area (Å²) in [5.41, 5.74) is 0.325. The zero-order chi connectivity index (χ0) is 8.39. The van der Waals surface area contributed by atoms with Crippen LogP contribution in [0.1, 0.15) is 0 Å². The molecule has 0 aliphatic carbocycles. The van der Waals surface area contributed by atoms with E-state index in [0.717, 1.165) is 5.39 Å². The maximum absolute atomic E-state index is 11.3. The number of aromatic nitrogens is 2. The van der Waals surface area contributed by atoms with Gasteiger partial charge >= 0.3 is 0 Å². The molecule has 0 radical (unpaired) electrons. The van der Waals surface area contributed by atoms with Crippen LogP contribution >= 0.6 is 0 Å². The summed E-state index contributed by atoms with van der Waals surface area (Å²) < 4.78 is 0. The molecule has 0 amide bonds. The van der Waals surface area contributed by atoms with Crippen LogP contribution in [-0.2, 0) is 0 Å². The SMILES string of the molecule is O=c1ccccc2ccnnc12. The fraction of sp³-hybridized carbons (Fsp3) is 0. The Morgan fingerprint density at radius 2 is 1.92 bits per heavy atom. The van der Waals surface area contributed by atoms with Crippen molar-refractivity contribution < 1.29 is 0 Å². The number of rotatable bonds is 0. The molecule has 0 aliphatic heterocycles. The predicted octanol–water partition coefficient (Wildman–Crippen LogP) is 0.990. The van der Waals surface area contributed by atoms with E-state index in [4.69, 9.17) is 0 Å². The highest BCUT2D eigenvalue weighted by molar-refractivity contribution is 5.76. The van der Waals surface area contributed by atoms with E-state index in [2.05, 4.69) is 10.2 Å². The molecule has 0 bridgehead atoms. The van der Waals surface area contributed by atoms with Crippen LogP contribution in [-0.4, -0.2) is 10.2 Å². The Morgan fingerprint density at radius 3 is 2.83 bits per heavy atom. The van der Waals surface area contributed by atoms with Gasteiger partial charge in [0.05, 0.1) is 6.20 Å². The summed E-state index contributed by atoms with van der Waals surface area (Å²) in [7, 11) is 0. The Bertz CT molecular complexity index is 468. The van der Waals surface area contributed by atoms with Crippen molar-refractivity contribution in [2.24, 2.45) is 0 Å². The van der Waals surface area contributed by atoms with Gasteiger partial charge in [0.2, 0.25) is 5.43 Å². The average molecular weight is 158 g/mol. The van der Waals surface area contributed by atoms with E-state index in [0.29, 0.717) is 5.52 Å². The fourth-order valence-electron chi connectivity index (χ4n) is 1.05. The number of hydrogen-bond donors (Lipinski definition) is 0. The van der Waals surface area contributed by atoms with Crippen LogP contribution in [0.15, 0.2) is 41.3 Å². The third-order valence-electron chi connectivity index (χ3n) is 1.62. The Kier molecular flexibility index (Phi) is 1.55. The van der Waals surface area contributed by atoms with E-state index in [1.807, 2.05) is 12.1 Å². The van der Waals surface area contributed by atoms with Gasteiger partial charge in [0.25, 0.3) is 0 Å². The van der Waals surface area contributed by atoms with Crippen molar-refractivity contribution >= 4 is 10.9 Å². The molecule has 2 aromatic rings. The predicted molar refractivity (Wildman–Crippen MR) is 45.8 cm³/mol. The minimum absolute atomic E-state index is 0.0944. The molecule has 12 heavy (non-hydrogen) atoms. The summed E-state index contributed by atoms with van der Waals surface area (Å²) in [5.74, 6) is 0. The van der Waals surface area contributed by atoms with Crippen molar-refractivity contribution in [3.05, 3.63) is 46.8 Å². The molecule has 0 atom stereocenters. The minimum Gasteiger partial charge on any atom is -0.287 e. The van der Waals surface area contributed by atoms with Gasteiger partial charge in [-0.2, -0.15) is 5.10 Å². The molecule has 1 aromatic carbocycles. The van der Waals surface area contributed by atoms with Gasteiger partial charge in [-0.15, -0.1) is 5.10 Å². The smallest absolute Gasteiger partial charge is 0.206 e. The Morgan fingerprint density at radius 1 is 1.08 bits per heavy atom. The summed E-state index contributed by atoms with van der Waals surface area (Å²) in [6.45, 7) is 0. The highest BCUT2D eigenvalue weighted by atomic mass is 16.1. The minimum atomic E-state index is -0.0944. The van der Waals surface area contributed by atoms with Crippen molar-refractivity contribution in [2.75, 3.05) is 0 Å². The van der Waals surface area contributed by atoms with Crippen molar-refractivity contribution in [1.82, 2.24) is 10.2 Å². The zero-order valence-electron chi connectivity index (χ0n) is 6.27. The second kappa shape index (κ2) is 2.70. The first kappa shape index (κ1) is 6.91. The first-order valence-corrected chi connectivity index (χ1v) is 3.59. The molecular weight excluding hydrogens is 152 g/mol. The zero-order valence-corrected chi connectivity index (χ0v) is 6.27. The molecule has 3 heteroatoms. The molecule has 0 aliphatic rings. The molecule has 1 aromatic heterocycles. The van der Waals surface area contributed by atoms with Gasteiger partial charge in [-0.05, 0) is 12.1 Å². The second-order valence-corrected chi connectivity index (χ2v) is 2.42. The number of fused-ring (bicyclic) bond motifs is 1. The molecule has 0 spiro atoms. The quantitative estimate of drug-likeness (QED) is 0.574. The van der Waals surface area contributed by atoms with Crippen LogP contribution in [0.25, 0.3) is 10.9 Å². The lowest BCUT2D eigenvalue weighted by Gasteiger charge is -1.85. The highest BCUT2D eigenvalue weighted by Gasteiger charge is 1.94. The Balaban J connectivity index is 3.06. The first-order chi connectivity index (χ1) is 5.88. The summed E-state index contributed by atoms with van der Waals surface area (Å²) in [6.07, 6.45) is 1.57. The van der Waals surface area contributed by atoms with Crippen molar-refractivity contribution in [1.29, 1.82) is 0 Å². The van der Waals surface area contributed by atoms with E-state index < -0.39 is 0 Å². The standard InChI is InChI=1S/C9H6N2O/c12-8-4-2-1-3-7-5-6-10-11-9(7)8/h1-6H.